The summed E-state index contributed by atoms with van der Waals surface area (Å²) in [5.74, 6) is 0.690. The average molecular weight is 606 g/mol. The molecule has 0 aliphatic heterocycles. The van der Waals surface area contributed by atoms with E-state index >= 15 is 0 Å². The second-order valence-corrected chi connectivity index (χ2v) is 7.41. The van der Waals surface area contributed by atoms with Gasteiger partial charge in [0.1, 0.15) is 6.33 Å². The predicted octanol–water partition coefficient (Wildman–Crippen LogP) is 6.21. The minimum Gasteiger partial charge on any atom is -0.490 e. The zero-order valence-corrected chi connectivity index (χ0v) is 19.7. The van der Waals surface area contributed by atoms with Crippen LogP contribution in [0.15, 0.2) is 108 Å². The Morgan fingerprint density at radius 3 is 2.12 bits per heavy atom. The molecule has 6 rings (SSSR count). The van der Waals surface area contributed by atoms with Crippen LogP contribution in [0.1, 0.15) is 0 Å². The Kier molecular flexibility index (Phi) is 5.69. The third-order valence-corrected chi connectivity index (χ3v) is 5.50. The Morgan fingerprint density at radius 2 is 1.45 bits per heavy atom. The third-order valence-electron chi connectivity index (χ3n) is 5.50. The van der Waals surface area contributed by atoms with Crippen LogP contribution in [-0.2, 0) is 20.1 Å². The molecule has 1 radical (unpaired) electrons. The van der Waals surface area contributed by atoms with E-state index in [-0.39, 0.29) is 20.1 Å². The van der Waals surface area contributed by atoms with Gasteiger partial charge in [-0.25, -0.2) is 4.98 Å². The van der Waals surface area contributed by atoms with Crippen LogP contribution in [0.5, 0.6) is 0 Å². The molecule has 0 saturated heterocycles. The van der Waals surface area contributed by atoms with E-state index in [9.17, 15) is 0 Å². The number of aromatic nitrogens is 4. The number of nitrogens with zero attached hydrogens (tertiary/aromatic N) is 4. The molecule has 0 unspecified atom stereocenters. The summed E-state index contributed by atoms with van der Waals surface area (Å²) in [7, 11) is 0. The molecule has 0 atom stereocenters. The van der Waals surface area contributed by atoms with E-state index in [2.05, 4.69) is 63.7 Å². The maximum absolute atomic E-state index is 5.37. The van der Waals surface area contributed by atoms with E-state index < -0.39 is 0 Å². The number of rotatable bonds is 4. The van der Waals surface area contributed by atoms with Gasteiger partial charge >= 0.3 is 0 Å². The molecule has 2 aromatic heterocycles. The van der Waals surface area contributed by atoms with Gasteiger partial charge in [-0.2, -0.15) is 5.10 Å². The SMILES string of the molecule is [Ir].[c-]1cc2ocnc2cc1-c1nncn1-c1c(-c2ccccc2)cccc1-c1ccccc1. The van der Waals surface area contributed by atoms with Crippen LogP contribution in [0, 0.1) is 6.07 Å². The van der Waals surface area contributed by atoms with Gasteiger partial charge < -0.3 is 8.98 Å². The summed E-state index contributed by atoms with van der Waals surface area (Å²) in [5, 5.41) is 8.71. The van der Waals surface area contributed by atoms with Crippen molar-refractivity contribution in [3.8, 4) is 39.3 Å². The second-order valence-electron chi connectivity index (χ2n) is 7.41. The molecule has 0 saturated carbocycles. The predicted molar refractivity (Wildman–Crippen MR) is 124 cm³/mol. The minimum absolute atomic E-state index is 0. The largest absolute Gasteiger partial charge is 0.490 e. The maximum atomic E-state index is 5.37. The van der Waals surface area contributed by atoms with Gasteiger partial charge in [0.2, 0.25) is 0 Å². The van der Waals surface area contributed by atoms with Crippen LogP contribution < -0.4 is 0 Å². The van der Waals surface area contributed by atoms with Crippen LogP contribution in [0.4, 0.5) is 0 Å². The second kappa shape index (κ2) is 8.94. The van der Waals surface area contributed by atoms with Crippen LogP contribution in [0.3, 0.4) is 0 Å². The van der Waals surface area contributed by atoms with Crippen molar-refractivity contribution in [3.63, 3.8) is 0 Å². The molecule has 2 heterocycles. The molecule has 6 aromatic rings. The summed E-state index contributed by atoms with van der Waals surface area (Å²) in [6.45, 7) is 0. The standard InChI is InChI=1S/C27H17N4O.Ir/c1-3-8-19(9-4-1)22-12-7-13-23(20-10-5-2-6-11-20)26(22)31-17-29-30-27(31)21-14-15-25-24(16-21)28-18-32-25;/h1-13,15-18H;/q-1;. The number of hydrogen-bond donors (Lipinski definition) is 0. The molecule has 4 aromatic carbocycles. The summed E-state index contributed by atoms with van der Waals surface area (Å²) in [6, 6.07) is 34.0. The molecule has 0 fully saturated rings. The Morgan fingerprint density at radius 1 is 0.788 bits per heavy atom. The summed E-state index contributed by atoms with van der Waals surface area (Å²) in [6.07, 6.45) is 3.19. The van der Waals surface area contributed by atoms with Crippen molar-refractivity contribution in [1.29, 1.82) is 0 Å². The first-order chi connectivity index (χ1) is 15.9. The number of hydrogen-bond acceptors (Lipinski definition) is 4. The number of oxazole rings is 1. The molecule has 0 aliphatic carbocycles. The van der Waals surface area contributed by atoms with Crippen LogP contribution in [0.25, 0.3) is 50.4 Å². The molecular weight excluding hydrogens is 589 g/mol. The van der Waals surface area contributed by atoms with Crippen molar-refractivity contribution in [2.24, 2.45) is 0 Å². The monoisotopic (exact) mass is 606 g/mol. The Bertz CT molecular complexity index is 1470. The van der Waals surface area contributed by atoms with Crippen molar-refractivity contribution in [3.05, 3.63) is 110 Å². The summed E-state index contributed by atoms with van der Waals surface area (Å²) < 4.78 is 7.40. The van der Waals surface area contributed by atoms with Crippen molar-refractivity contribution in [2.45, 2.75) is 0 Å². The first-order valence-electron chi connectivity index (χ1n) is 10.3. The zero-order chi connectivity index (χ0) is 21.3. The number of fused-ring (bicyclic) bond motifs is 1. The van der Waals surface area contributed by atoms with Crippen molar-refractivity contribution in [1.82, 2.24) is 19.7 Å². The van der Waals surface area contributed by atoms with Gasteiger partial charge in [-0.15, -0.1) is 28.9 Å². The van der Waals surface area contributed by atoms with Gasteiger partial charge in [-0.3, -0.25) is 0 Å². The van der Waals surface area contributed by atoms with E-state index in [0.29, 0.717) is 11.4 Å². The average Bonchev–Trinajstić information content (AvgIpc) is 3.54. The normalized spacial score (nSPS) is 10.8. The smallest absolute Gasteiger partial charge is 0.169 e. The molecule has 0 amide bonds. The van der Waals surface area contributed by atoms with Crippen molar-refractivity contribution >= 4 is 11.1 Å². The molecule has 6 heteroatoms. The molecule has 161 valence electrons. The topological polar surface area (TPSA) is 56.7 Å². The summed E-state index contributed by atoms with van der Waals surface area (Å²) in [4.78, 5) is 4.28. The number of benzene rings is 4. The number of para-hydroxylation sites is 1. The van der Waals surface area contributed by atoms with Gasteiger partial charge in [-0.05, 0) is 11.1 Å². The maximum Gasteiger partial charge on any atom is 0.169 e. The van der Waals surface area contributed by atoms with E-state index in [1.807, 2.05) is 47.0 Å². The first-order valence-corrected chi connectivity index (χ1v) is 10.3. The molecule has 0 aliphatic rings. The van der Waals surface area contributed by atoms with E-state index in [0.717, 1.165) is 39.0 Å². The Hall–Kier alpha value is -3.86. The van der Waals surface area contributed by atoms with E-state index in [1.165, 1.54) is 6.39 Å². The minimum atomic E-state index is 0. The Balaban J connectivity index is 0.00000228. The van der Waals surface area contributed by atoms with Gasteiger partial charge in [0, 0.05) is 36.7 Å². The van der Waals surface area contributed by atoms with Gasteiger partial charge in [0.05, 0.1) is 17.1 Å². The molecular formula is C27H17IrN4O-. The third kappa shape index (κ3) is 3.80. The fourth-order valence-corrected chi connectivity index (χ4v) is 4.02. The van der Waals surface area contributed by atoms with Gasteiger partial charge in [-0.1, -0.05) is 78.9 Å². The van der Waals surface area contributed by atoms with Crippen LogP contribution in [0.2, 0.25) is 0 Å². The summed E-state index contributed by atoms with van der Waals surface area (Å²) in [5.41, 5.74) is 7.68. The van der Waals surface area contributed by atoms with Gasteiger partial charge in [0.25, 0.3) is 0 Å². The molecule has 33 heavy (non-hydrogen) atoms. The van der Waals surface area contributed by atoms with E-state index in [4.69, 9.17) is 4.42 Å². The zero-order valence-electron chi connectivity index (χ0n) is 17.3. The van der Waals surface area contributed by atoms with Crippen molar-refractivity contribution < 1.29 is 24.5 Å². The van der Waals surface area contributed by atoms with Gasteiger partial charge in [0.15, 0.2) is 6.39 Å². The van der Waals surface area contributed by atoms with Crippen LogP contribution >= 0.6 is 0 Å². The quantitative estimate of drug-likeness (QED) is 0.225. The molecule has 5 nitrogen and oxygen atoms in total. The fourth-order valence-electron chi connectivity index (χ4n) is 4.02. The molecule has 0 spiro atoms. The first kappa shape index (κ1) is 21.0. The molecule has 0 bridgehead atoms. The van der Waals surface area contributed by atoms with Crippen molar-refractivity contribution in [2.75, 3.05) is 0 Å². The Labute approximate surface area is 204 Å². The summed E-state index contributed by atoms with van der Waals surface area (Å²) >= 11 is 0. The van der Waals surface area contributed by atoms with E-state index in [1.54, 1.807) is 12.4 Å². The van der Waals surface area contributed by atoms with Crippen LogP contribution in [-0.4, -0.2) is 19.7 Å². The fraction of sp³-hybridized carbons (Fsp3) is 0. The molecule has 0 N–H and O–H groups in total.